The average molecular weight is 367 g/mol. The Hall–Kier alpha value is -2.86. The summed E-state index contributed by atoms with van der Waals surface area (Å²) in [7, 11) is 0. The second kappa shape index (κ2) is 9.19. The number of nitrogens with one attached hydrogen (secondary N) is 2. The first-order valence-corrected chi connectivity index (χ1v) is 9.20. The Kier molecular flexibility index (Phi) is 6.44. The predicted octanol–water partition coefficient (Wildman–Crippen LogP) is 3.17. The van der Waals surface area contributed by atoms with Crippen molar-refractivity contribution >= 4 is 28.8 Å². The molecule has 1 amide bonds. The average Bonchev–Trinajstić information content (AvgIpc) is 2.69. The summed E-state index contributed by atoms with van der Waals surface area (Å²) in [4.78, 5) is 26.0. The van der Waals surface area contributed by atoms with Crippen LogP contribution in [0.1, 0.15) is 23.7 Å². The van der Waals surface area contributed by atoms with E-state index in [0.717, 1.165) is 30.2 Å². The molecular weight excluding hydrogens is 342 g/mol. The number of carbonyl (C=O) groups is 2. The van der Waals surface area contributed by atoms with E-state index in [4.69, 9.17) is 4.74 Å². The molecule has 1 heterocycles. The Bertz CT molecular complexity index is 801. The van der Waals surface area contributed by atoms with Crippen molar-refractivity contribution in [1.82, 2.24) is 0 Å². The Morgan fingerprint density at radius 2 is 1.85 bits per heavy atom. The lowest BCUT2D eigenvalue weighted by atomic mass is 10.1. The molecule has 0 spiro atoms. The van der Waals surface area contributed by atoms with Crippen LogP contribution in [0.5, 0.6) is 0 Å². The number of hydrogen-bond donors (Lipinski definition) is 2. The fourth-order valence-corrected chi connectivity index (χ4v) is 3.04. The third kappa shape index (κ3) is 5.31. The maximum atomic E-state index is 12.4. The van der Waals surface area contributed by atoms with Gasteiger partial charge in [-0.15, -0.1) is 0 Å². The predicted molar refractivity (Wildman–Crippen MR) is 108 cm³/mol. The van der Waals surface area contributed by atoms with Crippen molar-refractivity contribution in [3.63, 3.8) is 0 Å². The summed E-state index contributed by atoms with van der Waals surface area (Å²) in [6.07, 6.45) is 0.335. The van der Waals surface area contributed by atoms with Gasteiger partial charge in [-0.2, -0.15) is 0 Å². The van der Waals surface area contributed by atoms with Crippen LogP contribution in [0.15, 0.2) is 48.5 Å². The van der Waals surface area contributed by atoms with Gasteiger partial charge < -0.3 is 20.3 Å². The Balaban J connectivity index is 1.54. The van der Waals surface area contributed by atoms with Gasteiger partial charge in [0.25, 0.3) is 0 Å². The van der Waals surface area contributed by atoms with Crippen molar-refractivity contribution in [1.29, 1.82) is 0 Å². The molecule has 0 aromatic heterocycles. The van der Waals surface area contributed by atoms with Crippen LogP contribution in [0.2, 0.25) is 0 Å². The SMILES string of the molecule is CC(=O)c1cccc(NCCC(=O)Nc2ccccc2N2CCOCC2)c1. The van der Waals surface area contributed by atoms with E-state index in [0.29, 0.717) is 31.7 Å². The zero-order valence-electron chi connectivity index (χ0n) is 15.5. The van der Waals surface area contributed by atoms with Crippen molar-refractivity contribution in [2.24, 2.45) is 0 Å². The highest BCUT2D eigenvalue weighted by Gasteiger charge is 2.15. The molecule has 0 radical (unpaired) electrons. The minimum Gasteiger partial charge on any atom is -0.385 e. The lowest BCUT2D eigenvalue weighted by molar-refractivity contribution is -0.115. The molecule has 6 heteroatoms. The number of amides is 1. The number of Topliss-reactive ketones (excluding diaryl/α,β-unsaturated/α-hetero) is 1. The van der Waals surface area contributed by atoms with Crippen molar-refractivity contribution in [3.8, 4) is 0 Å². The smallest absolute Gasteiger partial charge is 0.226 e. The van der Waals surface area contributed by atoms with Crippen LogP contribution >= 0.6 is 0 Å². The van der Waals surface area contributed by atoms with Crippen LogP contribution in [0, 0.1) is 0 Å². The first-order chi connectivity index (χ1) is 13.1. The van der Waals surface area contributed by atoms with Crippen LogP contribution in [-0.4, -0.2) is 44.5 Å². The molecule has 0 unspecified atom stereocenters. The van der Waals surface area contributed by atoms with Gasteiger partial charge in [-0.25, -0.2) is 0 Å². The van der Waals surface area contributed by atoms with Gasteiger partial charge in [0.1, 0.15) is 0 Å². The lowest BCUT2D eigenvalue weighted by Gasteiger charge is -2.30. The molecule has 6 nitrogen and oxygen atoms in total. The molecule has 1 fully saturated rings. The number of para-hydroxylation sites is 2. The fraction of sp³-hybridized carbons (Fsp3) is 0.333. The summed E-state index contributed by atoms with van der Waals surface area (Å²) < 4.78 is 5.40. The molecule has 1 aliphatic heterocycles. The van der Waals surface area contributed by atoms with Crippen LogP contribution < -0.4 is 15.5 Å². The minimum absolute atomic E-state index is 0.0242. The van der Waals surface area contributed by atoms with Gasteiger partial charge in [0.2, 0.25) is 5.91 Å². The lowest BCUT2D eigenvalue weighted by Crippen LogP contribution is -2.36. The summed E-state index contributed by atoms with van der Waals surface area (Å²) >= 11 is 0. The number of ketones is 1. The van der Waals surface area contributed by atoms with E-state index in [-0.39, 0.29) is 11.7 Å². The van der Waals surface area contributed by atoms with Crippen molar-refractivity contribution in [2.75, 3.05) is 48.4 Å². The highest BCUT2D eigenvalue weighted by molar-refractivity contribution is 5.95. The third-order valence-electron chi connectivity index (χ3n) is 4.48. The van der Waals surface area contributed by atoms with E-state index in [2.05, 4.69) is 15.5 Å². The molecule has 0 saturated carbocycles. The Morgan fingerprint density at radius 3 is 2.63 bits per heavy atom. The first kappa shape index (κ1) is 18.9. The molecule has 0 atom stereocenters. The molecule has 2 N–H and O–H groups in total. The van der Waals surface area contributed by atoms with E-state index in [9.17, 15) is 9.59 Å². The topological polar surface area (TPSA) is 70.7 Å². The molecule has 142 valence electrons. The van der Waals surface area contributed by atoms with E-state index < -0.39 is 0 Å². The number of rotatable bonds is 7. The zero-order chi connectivity index (χ0) is 19.1. The van der Waals surface area contributed by atoms with Gasteiger partial charge in [0.05, 0.1) is 24.6 Å². The van der Waals surface area contributed by atoms with Gasteiger partial charge in [0.15, 0.2) is 5.78 Å². The number of nitrogens with zero attached hydrogens (tertiary/aromatic N) is 1. The molecule has 27 heavy (non-hydrogen) atoms. The standard InChI is InChI=1S/C21H25N3O3/c1-16(25)17-5-4-6-18(15-17)22-10-9-21(26)23-19-7-2-3-8-20(19)24-11-13-27-14-12-24/h2-8,15,22H,9-14H2,1H3,(H,23,26). The monoisotopic (exact) mass is 367 g/mol. The van der Waals surface area contributed by atoms with Gasteiger partial charge in [-0.1, -0.05) is 24.3 Å². The molecule has 1 saturated heterocycles. The minimum atomic E-state index is -0.0501. The first-order valence-electron chi connectivity index (χ1n) is 9.20. The van der Waals surface area contributed by atoms with Crippen LogP contribution in [0.3, 0.4) is 0 Å². The van der Waals surface area contributed by atoms with Gasteiger partial charge >= 0.3 is 0 Å². The number of ether oxygens (including phenoxy) is 1. The molecule has 0 aliphatic carbocycles. The van der Waals surface area contributed by atoms with Gasteiger partial charge in [0, 0.05) is 37.3 Å². The summed E-state index contributed by atoms with van der Waals surface area (Å²) in [5, 5.41) is 6.20. The van der Waals surface area contributed by atoms with Gasteiger partial charge in [-0.3, -0.25) is 9.59 Å². The summed E-state index contributed by atoms with van der Waals surface area (Å²) in [6, 6.07) is 15.1. The molecule has 1 aliphatic rings. The largest absolute Gasteiger partial charge is 0.385 e. The van der Waals surface area contributed by atoms with E-state index >= 15 is 0 Å². The second-order valence-corrected chi connectivity index (χ2v) is 6.48. The quantitative estimate of drug-likeness (QED) is 0.736. The van der Waals surface area contributed by atoms with Crippen molar-refractivity contribution in [3.05, 3.63) is 54.1 Å². The number of anilines is 3. The van der Waals surface area contributed by atoms with Crippen molar-refractivity contribution < 1.29 is 14.3 Å². The number of morpholine rings is 1. The van der Waals surface area contributed by atoms with E-state index in [1.54, 1.807) is 19.1 Å². The third-order valence-corrected chi connectivity index (χ3v) is 4.48. The molecular formula is C21H25N3O3. The van der Waals surface area contributed by atoms with E-state index in [1.807, 2.05) is 36.4 Å². The van der Waals surface area contributed by atoms with Gasteiger partial charge in [-0.05, 0) is 31.2 Å². The van der Waals surface area contributed by atoms with Crippen molar-refractivity contribution in [2.45, 2.75) is 13.3 Å². The number of hydrogen-bond acceptors (Lipinski definition) is 5. The Labute approximate surface area is 159 Å². The highest BCUT2D eigenvalue weighted by Crippen LogP contribution is 2.26. The Morgan fingerprint density at radius 1 is 1.07 bits per heavy atom. The zero-order valence-corrected chi connectivity index (χ0v) is 15.5. The van der Waals surface area contributed by atoms with Crippen LogP contribution in [0.25, 0.3) is 0 Å². The fourth-order valence-electron chi connectivity index (χ4n) is 3.04. The second-order valence-electron chi connectivity index (χ2n) is 6.48. The number of benzene rings is 2. The summed E-state index contributed by atoms with van der Waals surface area (Å²) in [5.74, 6) is -0.0259. The molecule has 0 bridgehead atoms. The van der Waals surface area contributed by atoms with Crippen LogP contribution in [0.4, 0.5) is 17.1 Å². The summed E-state index contributed by atoms with van der Waals surface area (Å²) in [6.45, 7) is 5.07. The molecule has 3 rings (SSSR count). The van der Waals surface area contributed by atoms with Crippen LogP contribution in [-0.2, 0) is 9.53 Å². The maximum absolute atomic E-state index is 12.4. The highest BCUT2D eigenvalue weighted by atomic mass is 16.5. The summed E-state index contributed by atoms with van der Waals surface area (Å²) in [5.41, 5.74) is 3.34. The number of carbonyl (C=O) groups excluding carboxylic acids is 2. The normalized spacial score (nSPS) is 13.9. The molecule has 2 aromatic carbocycles. The molecule has 2 aromatic rings. The van der Waals surface area contributed by atoms with E-state index in [1.165, 1.54) is 0 Å². The maximum Gasteiger partial charge on any atom is 0.226 e.